The van der Waals surface area contributed by atoms with Gasteiger partial charge in [-0.2, -0.15) is 0 Å². The number of anilines is 2. The number of hydrogen-bond donors (Lipinski definition) is 1. The molecule has 2 aromatic rings. The second kappa shape index (κ2) is 8.49. The molecule has 1 saturated heterocycles. The molecule has 1 aliphatic rings. The molecular weight excluding hydrogens is 344 g/mol. The summed E-state index contributed by atoms with van der Waals surface area (Å²) in [5.41, 5.74) is 2.34. The second-order valence-corrected chi connectivity index (χ2v) is 6.36. The first-order valence-electron chi connectivity index (χ1n) is 9.07. The van der Waals surface area contributed by atoms with E-state index in [1.54, 1.807) is 53.4 Å². The molecule has 3 rings (SSSR count). The van der Waals surface area contributed by atoms with Crippen LogP contribution in [0.15, 0.2) is 48.5 Å². The maximum absolute atomic E-state index is 12.4. The quantitative estimate of drug-likeness (QED) is 0.792. The number of benzene rings is 2. The summed E-state index contributed by atoms with van der Waals surface area (Å²) in [6, 6.07) is 13.5. The van der Waals surface area contributed by atoms with E-state index in [0.717, 1.165) is 25.1 Å². The third-order valence-corrected chi connectivity index (χ3v) is 4.33. The molecule has 0 saturated carbocycles. The van der Waals surface area contributed by atoms with Gasteiger partial charge in [-0.3, -0.25) is 9.59 Å². The van der Waals surface area contributed by atoms with Crippen molar-refractivity contribution in [2.24, 2.45) is 0 Å². The molecular formula is C21H22N2O4. The number of ether oxygens (including phenoxy) is 1. The van der Waals surface area contributed by atoms with E-state index in [2.05, 4.69) is 5.32 Å². The van der Waals surface area contributed by atoms with Crippen molar-refractivity contribution in [3.63, 3.8) is 0 Å². The fourth-order valence-corrected chi connectivity index (χ4v) is 2.88. The smallest absolute Gasteiger partial charge is 0.338 e. The monoisotopic (exact) mass is 366 g/mol. The number of hydrogen-bond acceptors (Lipinski definition) is 4. The molecule has 6 heteroatoms. The molecule has 0 aromatic heterocycles. The van der Waals surface area contributed by atoms with Gasteiger partial charge < -0.3 is 15.0 Å². The van der Waals surface area contributed by atoms with Crippen LogP contribution in [0.4, 0.5) is 11.4 Å². The molecule has 2 amide bonds. The van der Waals surface area contributed by atoms with E-state index < -0.39 is 0 Å². The summed E-state index contributed by atoms with van der Waals surface area (Å²) in [6.07, 6.45) is 2.21. The lowest BCUT2D eigenvalue weighted by atomic mass is 10.1. The minimum Gasteiger partial charge on any atom is -0.462 e. The predicted octanol–water partition coefficient (Wildman–Crippen LogP) is 3.63. The fourth-order valence-electron chi connectivity index (χ4n) is 2.88. The maximum atomic E-state index is 12.4. The van der Waals surface area contributed by atoms with E-state index in [1.807, 2.05) is 6.92 Å². The number of carbonyl (C=O) groups is 3. The summed E-state index contributed by atoms with van der Waals surface area (Å²) in [5.74, 6) is -0.512. The van der Waals surface area contributed by atoms with Gasteiger partial charge in [0, 0.05) is 29.9 Å². The lowest BCUT2D eigenvalue weighted by Gasteiger charge is -2.15. The molecule has 140 valence electrons. The van der Waals surface area contributed by atoms with Crippen LogP contribution in [-0.2, 0) is 9.53 Å². The Morgan fingerprint density at radius 1 is 1.04 bits per heavy atom. The van der Waals surface area contributed by atoms with E-state index in [0.29, 0.717) is 29.8 Å². The van der Waals surface area contributed by atoms with E-state index in [-0.39, 0.29) is 17.8 Å². The molecule has 27 heavy (non-hydrogen) atoms. The van der Waals surface area contributed by atoms with Crippen molar-refractivity contribution >= 4 is 29.2 Å². The van der Waals surface area contributed by atoms with Crippen LogP contribution in [0.25, 0.3) is 0 Å². The van der Waals surface area contributed by atoms with Crippen LogP contribution in [0.1, 0.15) is 46.9 Å². The Morgan fingerprint density at radius 3 is 2.30 bits per heavy atom. The molecule has 0 spiro atoms. The van der Waals surface area contributed by atoms with E-state index in [4.69, 9.17) is 4.74 Å². The van der Waals surface area contributed by atoms with Crippen LogP contribution >= 0.6 is 0 Å². The highest BCUT2D eigenvalue weighted by Gasteiger charge is 2.21. The average Bonchev–Trinajstić information content (AvgIpc) is 3.12. The first kappa shape index (κ1) is 18.6. The Labute approximate surface area is 158 Å². The highest BCUT2D eigenvalue weighted by atomic mass is 16.5. The van der Waals surface area contributed by atoms with Gasteiger partial charge in [0.2, 0.25) is 5.91 Å². The van der Waals surface area contributed by atoms with Crippen LogP contribution in [0.5, 0.6) is 0 Å². The lowest BCUT2D eigenvalue weighted by molar-refractivity contribution is -0.117. The summed E-state index contributed by atoms with van der Waals surface area (Å²) >= 11 is 0. The van der Waals surface area contributed by atoms with Crippen molar-refractivity contribution in [2.75, 3.05) is 23.4 Å². The van der Waals surface area contributed by atoms with Crippen LogP contribution in [-0.4, -0.2) is 30.9 Å². The summed E-state index contributed by atoms with van der Waals surface area (Å²) in [4.78, 5) is 37.7. The van der Waals surface area contributed by atoms with Crippen LogP contribution in [0.3, 0.4) is 0 Å². The van der Waals surface area contributed by atoms with Gasteiger partial charge in [0.15, 0.2) is 0 Å². The third-order valence-electron chi connectivity index (χ3n) is 4.33. The number of amides is 2. The van der Waals surface area contributed by atoms with E-state index in [9.17, 15) is 14.4 Å². The highest BCUT2D eigenvalue weighted by molar-refractivity contribution is 6.05. The minimum atomic E-state index is -0.373. The Bertz CT molecular complexity index is 828. The summed E-state index contributed by atoms with van der Waals surface area (Å²) in [6.45, 7) is 3.04. The summed E-state index contributed by atoms with van der Waals surface area (Å²) in [5, 5.41) is 2.79. The maximum Gasteiger partial charge on any atom is 0.338 e. The zero-order chi connectivity index (χ0) is 19.2. The van der Waals surface area contributed by atoms with Gasteiger partial charge in [-0.1, -0.05) is 6.92 Å². The number of nitrogens with one attached hydrogen (secondary N) is 1. The average molecular weight is 366 g/mol. The van der Waals surface area contributed by atoms with Gasteiger partial charge in [-0.05, 0) is 61.4 Å². The normalized spacial score (nSPS) is 13.5. The highest BCUT2D eigenvalue weighted by Crippen LogP contribution is 2.22. The van der Waals surface area contributed by atoms with Gasteiger partial charge in [0.05, 0.1) is 12.2 Å². The molecule has 0 bridgehead atoms. The fraction of sp³-hybridized carbons (Fsp3) is 0.286. The van der Waals surface area contributed by atoms with Crippen molar-refractivity contribution in [3.05, 3.63) is 59.7 Å². The van der Waals surface area contributed by atoms with Crippen molar-refractivity contribution in [2.45, 2.75) is 26.2 Å². The topological polar surface area (TPSA) is 75.7 Å². The molecule has 0 radical (unpaired) electrons. The standard InChI is InChI=1S/C21H22N2O4/c1-2-14-27-21(26)16-5-9-17(10-6-16)22-20(25)15-7-11-18(12-8-15)23-13-3-4-19(23)24/h5-12H,2-4,13-14H2,1H3,(H,22,25). The zero-order valence-electron chi connectivity index (χ0n) is 15.2. The summed E-state index contributed by atoms with van der Waals surface area (Å²) in [7, 11) is 0. The molecule has 1 heterocycles. The first-order valence-corrected chi connectivity index (χ1v) is 9.07. The summed E-state index contributed by atoms with van der Waals surface area (Å²) < 4.78 is 5.07. The molecule has 0 unspecified atom stereocenters. The van der Waals surface area contributed by atoms with Gasteiger partial charge >= 0.3 is 5.97 Å². The van der Waals surface area contributed by atoms with Crippen LogP contribution in [0, 0.1) is 0 Å². The predicted molar refractivity (Wildman–Crippen MR) is 103 cm³/mol. The molecule has 0 aliphatic carbocycles. The molecule has 1 N–H and O–H groups in total. The van der Waals surface area contributed by atoms with Crippen LogP contribution in [0.2, 0.25) is 0 Å². The molecule has 6 nitrogen and oxygen atoms in total. The van der Waals surface area contributed by atoms with Crippen LogP contribution < -0.4 is 10.2 Å². The van der Waals surface area contributed by atoms with Crippen molar-refractivity contribution < 1.29 is 19.1 Å². The molecule has 2 aromatic carbocycles. The Balaban J connectivity index is 1.61. The second-order valence-electron chi connectivity index (χ2n) is 6.36. The van der Waals surface area contributed by atoms with Crippen molar-refractivity contribution in [1.29, 1.82) is 0 Å². The Kier molecular flexibility index (Phi) is 5.86. The third kappa shape index (κ3) is 4.53. The number of rotatable bonds is 6. The first-order chi connectivity index (χ1) is 13.1. The molecule has 0 atom stereocenters. The van der Waals surface area contributed by atoms with Gasteiger partial charge in [-0.25, -0.2) is 4.79 Å². The van der Waals surface area contributed by atoms with E-state index in [1.165, 1.54) is 0 Å². The lowest BCUT2D eigenvalue weighted by Crippen LogP contribution is -2.23. The number of esters is 1. The Hall–Kier alpha value is -3.15. The number of carbonyl (C=O) groups excluding carboxylic acids is 3. The van der Waals surface area contributed by atoms with Crippen molar-refractivity contribution in [1.82, 2.24) is 0 Å². The van der Waals surface area contributed by atoms with Gasteiger partial charge in [-0.15, -0.1) is 0 Å². The number of nitrogens with zero attached hydrogens (tertiary/aromatic N) is 1. The van der Waals surface area contributed by atoms with Gasteiger partial charge in [0.1, 0.15) is 0 Å². The zero-order valence-corrected chi connectivity index (χ0v) is 15.2. The Morgan fingerprint density at radius 2 is 1.70 bits per heavy atom. The molecule has 1 aliphatic heterocycles. The largest absolute Gasteiger partial charge is 0.462 e. The van der Waals surface area contributed by atoms with E-state index >= 15 is 0 Å². The SMILES string of the molecule is CCCOC(=O)c1ccc(NC(=O)c2ccc(N3CCCC3=O)cc2)cc1. The minimum absolute atomic E-state index is 0.116. The van der Waals surface area contributed by atoms with Crippen molar-refractivity contribution in [3.8, 4) is 0 Å². The van der Waals surface area contributed by atoms with Gasteiger partial charge in [0.25, 0.3) is 5.91 Å². The molecule has 1 fully saturated rings.